The molecule has 196 valence electrons. The Morgan fingerprint density at radius 3 is 2.11 bits per heavy atom. The van der Waals surface area contributed by atoms with Crippen molar-refractivity contribution in [1.82, 2.24) is 4.72 Å². The highest BCUT2D eigenvalue weighted by Crippen LogP contribution is 2.17. The van der Waals surface area contributed by atoms with Gasteiger partial charge in [-0.15, -0.1) is 0 Å². The zero-order valence-electron chi connectivity index (χ0n) is 20.2. The first-order valence-electron chi connectivity index (χ1n) is 11.0. The first kappa shape index (κ1) is 32.6. The molecule has 9 heteroatoms. The minimum Gasteiger partial charge on any atom is -0.480 e. The van der Waals surface area contributed by atoms with Crippen LogP contribution in [0.25, 0.3) is 0 Å². The lowest BCUT2D eigenvalue weighted by Crippen LogP contribution is -2.43. The Labute approximate surface area is 214 Å². The third-order valence-corrected chi connectivity index (χ3v) is 7.46. The third-order valence-electron chi connectivity index (χ3n) is 4.96. The van der Waals surface area contributed by atoms with E-state index in [1.165, 1.54) is 40.6 Å². The summed E-state index contributed by atoms with van der Waals surface area (Å²) in [7, 11) is -4.32. The van der Waals surface area contributed by atoms with Gasteiger partial charge in [0.1, 0.15) is 6.04 Å². The highest BCUT2D eigenvalue weighted by molar-refractivity contribution is 7.99. The summed E-state index contributed by atoms with van der Waals surface area (Å²) in [5, 5.41) is 18.7. The molecule has 3 N–H and O–H groups in total. The molecule has 0 saturated heterocycles. The molecule has 0 aliphatic rings. The molecule has 0 unspecified atom stereocenters. The maximum atomic E-state index is 12.6. The molecular formula is C26H39NO6S2. The fourth-order valence-corrected chi connectivity index (χ4v) is 5.50. The predicted octanol–water partition coefficient (Wildman–Crippen LogP) is 5.90. The van der Waals surface area contributed by atoms with E-state index < -0.39 is 38.5 Å². The number of carboxylic acid groups (broad SMARTS) is 2. The Morgan fingerprint density at radius 1 is 0.971 bits per heavy atom. The van der Waals surface area contributed by atoms with Crippen molar-refractivity contribution in [2.24, 2.45) is 0 Å². The Kier molecular flexibility index (Phi) is 15.2. The minimum atomic E-state index is -4.32. The van der Waals surface area contributed by atoms with Crippen LogP contribution >= 0.6 is 11.8 Å². The Morgan fingerprint density at radius 2 is 1.54 bits per heavy atom. The van der Waals surface area contributed by atoms with Gasteiger partial charge in [0.05, 0.1) is 10.5 Å². The number of allylic oxidation sites excluding steroid dienone is 5. The van der Waals surface area contributed by atoms with Crippen LogP contribution in [-0.2, 0) is 14.8 Å². The van der Waals surface area contributed by atoms with Crippen LogP contribution < -0.4 is 4.72 Å². The van der Waals surface area contributed by atoms with Crippen LogP contribution in [0.5, 0.6) is 0 Å². The summed E-state index contributed by atoms with van der Waals surface area (Å²) < 4.78 is 27.4. The summed E-state index contributed by atoms with van der Waals surface area (Å²) >= 11 is 1.30. The lowest BCUT2D eigenvalue weighted by Gasteiger charge is -2.15. The molecule has 0 fully saturated rings. The Bertz CT molecular complexity index is 1040. The number of thioether (sulfide) groups is 1. The van der Waals surface area contributed by atoms with Crippen LogP contribution in [0.1, 0.15) is 71.2 Å². The number of hydrogen-bond donors (Lipinski definition) is 3. The van der Waals surface area contributed by atoms with E-state index in [1.807, 2.05) is 13.0 Å². The smallest absolute Gasteiger partial charge is 0.337 e. The molecule has 0 amide bonds. The van der Waals surface area contributed by atoms with Crippen LogP contribution in [0.4, 0.5) is 0 Å². The van der Waals surface area contributed by atoms with Gasteiger partial charge < -0.3 is 10.2 Å². The summed E-state index contributed by atoms with van der Waals surface area (Å²) in [4.78, 5) is 22.5. The topological polar surface area (TPSA) is 121 Å². The molecule has 1 rings (SSSR count). The summed E-state index contributed by atoms with van der Waals surface area (Å²) in [6.07, 6.45) is 10.4. The summed E-state index contributed by atoms with van der Waals surface area (Å²) in [6.45, 7) is 8.34. The maximum Gasteiger partial charge on any atom is 0.337 e. The molecule has 0 spiro atoms. The number of nitrogens with one attached hydrogen (secondary N) is 1. The normalized spacial score (nSPS) is 13.0. The quantitative estimate of drug-likeness (QED) is 0.192. The van der Waals surface area contributed by atoms with Gasteiger partial charge in [0.25, 0.3) is 0 Å². The van der Waals surface area contributed by atoms with Gasteiger partial charge in [0.2, 0.25) is 10.0 Å². The van der Waals surface area contributed by atoms with Gasteiger partial charge in [-0.1, -0.05) is 54.5 Å². The molecule has 0 aliphatic heterocycles. The molecule has 7 nitrogen and oxygen atoms in total. The van der Waals surface area contributed by atoms with E-state index >= 15 is 0 Å². The van der Waals surface area contributed by atoms with E-state index in [-0.39, 0.29) is 13.2 Å². The van der Waals surface area contributed by atoms with Crippen LogP contribution in [0.2, 0.25) is 0 Å². The van der Waals surface area contributed by atoms with Crippen molar-refractivity contribution in [1.29, 1.82) is 0 Å². The van der Waals surface area contributed by atoms with Crippen LogP contribution in [0, 0.1) is 0 Å². The Hall–Kier alpha value is -2.36. The van der Waals surface area contributed by atoms with Crippen molar-refractivity contribution in [3.8, 4) is 0 Å². The number of carbonyl (C=O) groups is 2. The number of carboxylic acids is 2. The molecule has 0 radical (unpaired) electrons. The standard InChI is InChI=1S/C25H35NO6S2.CH4/c1-18(2)9-7-10-19(3)11-8-12-20(4)15-16-33-17-22(25(29)30)26-34(31,32)23-14-6-5-13-21(23)24(27)28;/h5-6,9,11,13-15,22,26H,7-8,10,12,16-17H2,1-4H3,(H,27,28)(H,29,30);1H4/b19-11+,20-15+;/t22-;/m0./s1. The molecule has 1 atom stereocenters. The largest absolute Gasteiger partial charge is 0.480 e. The molecule has 1 aromatic rings. The second kappa shape index (κ2) is 16.3. The minimum absolute atomic E-state index is 0. The van der Waals surface area contributed by atoms with Crippen molar-refractivity contribution in [2.75, 3.05) is 11.5 Å². The van der Waals surface area contributed by atoms with Crippen LogP contribution in [0.3, 0.4) is 0 Å². The van der Waals surface area contributed by atoms with Crippen molar-refractivity contribution in [2.45, 2.75) is 71.7 Å². The second-order valence-corrected chi connectivity index (χ2v) is 11.1. The van der Waals surface area contributed by atoms with E-state index in [0.717, 1.165) is 37.8 Å². The van der Waals surface area contributed by atoms with Gasteiger partial charge in [0.15, 0.2) is 0 Å². The summed E-state index contributed by atoms with van der Waals surface area (Å²) in [5.74, 6) is -2.16. The van der Waals surface area contributed by atoms with Gasteiger partial charge in [-0.2, -0.15) is 16.5 Å². The van der Waals surface area contributed by atoms with Gasteiger partial charge in [-0.05, 0) is 65.5 Å². The summed E-state index contributed by atoms with van der Waals surface area (Å²) in [5.41, 5.74) is 3.46. The van der Waals surface area contributed by atoms with Gasteiger partial charge in [-0.25, -0.2) is 13.2 Å². The molecule has 0 aliphatic carbocycles. The highest BCUT2D eigenvalue weighted by Gasteiger charge is 2.28. The first-order valence-corrected chi connectivity index (χ1v) is 13.7. The number of benzene rings is 1. The van der Waals surface area contributed by atoms with E-state index in [0.29, 0.717) is 5.75 Å². The van der Waals surface area contributed by atoms with Gasteiger partial charge in [0, 0.05) is 11.5 Å². The molecule has 1 aromatic carbocycles. The first-order chi connectivity index (χ1) is 15.9. The lowest BCUT2D eigenvalue weighted by atomic mass is 10.1. The summed E-state index contributed by atoms with van der Waals surface area (Å²) in [6, 6.07) is 3.72. The zero-order valence-corrected chi connectivity index (χ0v) is 21.8. The zero-order chi connectivity index (χ0) is 25.7. The predicted molar refractivity (Wildman–Crippen MR) is 145 cm³/mol. The Balaban J connectivity index is 0.0000116. The second-order valence-electron chi connectivity index (χ2n) is 8.31. The average molecular weight is 526 g/mol. The number of aliphatic carboxylic acids is 1. The monoisotopic (exact) mass is 525 g/mol. The molecule has 35 heavy (non-hydrogen) atoms. The van der Waals surface area contributed by atoms with Crippen LogP contribution in [-0.4, -0.2) is 48.1 Å². The van der Waals surface area contributed by atoms with Crippen LogP contribution in [0.15, 0.2) is 64.1 Å². The molecule has 0 heterocycles. The SMILES string of the molecule is C.CC(C)=CCC/C(C)=C/CC/C(C)=C/CSC[C@H](NS(=O)(=O)c1ccccc1C(=O)O)C(=O)O. The molecular weight excluding hydrogens is 486 g/mol. The van der Waals surface area contributed by atoms with E-state index in [2.05, 4.69) is 37.6 Å². The number of aromatic carboxylic acids is 1. The van der Waals surface area contributed by atoms with Gasteiger partial charge in [-0.3, -0.25) is 4.79 Å². The van der Waals surface area contributed by atoms with E-state index in [1.54, 1.807) is 0 Å². The third kappa shape index (κ3) is 12.8. The van der Waals surface area contributed by atoms with Crippen molar-refractivity contribution < 1.29 is 28.2 Å². The molecule has 0 saturated carbocycles. The van der Waals surface area contributed by atoms with Gasteiger partial charge >= 0.3 is 11.9 Å². The van der Waals surface area contributed by atoms with Crippen molar-refractivity contribution in [3.05, 3.63) is 64.8 Å². The fraction of sp³-hybridized carbons (Fsp3) is 0.462. The number of rotatable bonds is 15. The number of sulfonamides is 1. The average Bonchev–Trinajstić information content (AvgIpc) is 2.75. The lowest BCUT2D eigenvalue weighted by molar-refractivity contribution is -0.138. The van der Waals surface area contributed by atoms with E-state index in [4.69, 9.17) is 0 Å². The molecule has 0 bridgehead atoms. The molecule has 0 aromatic heterocycles. The van der Waals surface area contributed by atoms with E-state index in [9.17, 15) is 28.2 Å². The highest BCUT2D eigenvalue weighted by atomic mass is 32.2. The number of hydrogen-bond acceptors (Lipinski definition) is 5. The van der Waals surface area contributed by atoms with Crippen molar-refractivity contribution in [3.63, 3.8) is 0 Å². The van der Waals surface area contributed by atoms with Crippen molar-refractivity contribution >= 4 is 33.7 Å². The fourth-order valence-electron chi connectivity index (χ4n) is 3.01. The maximum absolute atomic E-state index is 12.6.